The molecule has 1 rings (SSSR count). The highest BCUT2D eigenvalue weighted by atomic mass is 28.4. The maximum absolute atomic E-state index is 12.2. The summed E-state index contributed by atoms with van der Waals surface area (Å²) >= 11 is 0. The molecule has 0 aromatic heterocycles. The van der Waals surface area contributed by atoms with Crippen LogP contribution in [0.4, 0.5) is 0 Å². The van der Waals surface area contributed by atoms with Gasteiger partial charge in [0.05, 0.1) is 18.1 Å². The topological polar surface area (TPSA) is 61.8 Å². The predicted molar refractivity (Wildman–Crippen MR) is 87.0 cm³/mol. The van der Waals surface area contributed by atoms with Gasteiger partial charge >= 0.3 is 11.9 Å². The molecule has 0 saturated carbocycles. The number of esters is 2. The van der Waals surface area contributed by atoms with Crippen molar-refractivity contribution in [1.82, 2.24) is 0 Å². The first-order valence-electron chi connectivity index (χ1n) is 7.81. The summed E-state index contributed by atoms with van der Waals surface area (Å²) in [5, 5.41) is 0.0469. The van der Waals surface area contributed by atoms with Crippen molar-refractivity contribution in [3.8, 4) is 0 Å². The molecule has 1 aliphatic rings. The van der Waals surface area contributed by atoms with Gasteiger partial charge in [-0.05, 0) is 45.3 Å². The molecule has 2 atom stereocenters. The van der Waals surface area contributed by atoms with Gasteiger partial charge in [-0.2, -0.15) is 0 Å². The third-order valence-corrected chi connectivity index (χ3v) is 8.83. The van der Waals surface area contributed by atoms with Crippen molar-refractivity contribution in [1.29, 1.82) is 0 Å². The first-order valence-corrected chi connectivity index (χ1v) is 10.7. The summed E-state index contributed by atoms with van der Waals surface area (Å²) in [6.07, 6.45) is -0.489. The largest absolute Gasteiger partial charge is 0.411 e. The van der Waals surface area contributed by atoms with Crippen LogP contribution in [0, 0.1) is 5.41 Å². The molecule has 1 aliphatic heterocycles. The number of rotatable bonds is 3. The van der Waals surface area contributed by atoms with Crippen molar-refractivity contribution in [2.75, 3.05) is 6.61 Å². The van der Waals surface area contributed by atoms with Crippen LogP contribution in [0.25, 0.3) is 0 Å². The van der Waals surface area contributed by atoms with Crippen molar-refractivity contribution < 1.29 is 23.5 Å². The van der Waals surface area contributed by atoms with Crippen LogP contribution in [0.1, 0.15) is 48.0 Å². The van der Waals surface area contributed by atoms with E-state index in [1.807, 2.05) is 0 Å². The van der Waals surface area contributed by atoms with E-state index >= 15 is 0 Å². The van der Waals surface area contributed by atoms with Gasteiger partial charge < -0.3 is 13.9 Å². The number of carbonyl (C=O) groups is 2. The highest BCUT2D eigenvalue weighted by Crippen LogP contribution is 2.39. The van der Waals surface area contributed by atoms with Crippen molar-refractivity contribution in [2.45, 2.75) is 78.3 Å². The Labute approximate surface area is 134 Å². The summed E-state index contributed by atoms with van der Waals surface area (Å²) in [4.78, 5) is 24.1. The second kappa shape index (κ2) is 6.41. The molecular formula is C16H30O5Si. The van der Waals surface area contributed by atoms with E-state index in [9.17, 15) is 9.59 Å². The normalized spacial score (nSPS) is 23.5. The number of carbonyl (C=O) groups excluding carboxylic acids is 2. The Kier molecular flexibility index (Phi) is 5.63. The highest BCUT2D eigenvalue weighted by molar-refractivity contribution is 6.74. The maximum Gasteiger partial charge on any atom is 0.345 e. The fourth-order valence-corrected chi connectivity index (χ4v) is 3.12. The van der Waals surface area contributed by atoms with Crippen LogP contribution in [0.15, 0.2) is 0 Å². The fraction of sp³-hybridized carbons (Fsp3) is 0.875. The molecule has 1 unspecified atom stereocenters. The molecule has 1 fully saturated rings. The first-order chi connectivity index (χ1) is 9.75. The summed E-state index contributed by atoms with van der Waals surface area (Å²) in [7, 11) is -2.01. The van der Waals surface area contributed by atoms with Crippen LogP contribution in [-0.4, -0.2) is 39.1 Å². The molecular weight excluding hydrogens is 300 g/mol. The van der Waals surface area contributed by atoms with Crippen molar-refractivity contribution >= 4 is 20.3 Å². The standard InChI is InChI=1S/C16H30O5Si/c1-15(2,3)14(18)20-13(17)12-11(9-10-19-12)21-22(7,8)16(4,5)6/h11-12H,9-10H2,1-8H3/t11?,12-/m0/s1. The summed E-state index contributed by atoms with van der Waals surface area (Å²) in [5.74, 6) is -1.18. The predicted octanol–water partition coefficient (Wildman–Crippen LogP) is 3.28. The maximum atomic E-state index is 12.2. The van der Waals surface area contributed by atoms with Crippen molar-refractivity contribution in [3.05, 3.63) is 0 Å². The van der Waals surface area contributed by atoms with E-state index in [1.54, 1.807) is 20.8 Å². The summed E-state index contributed by atoms with van der Waals surface area (Å²) < 4.78 is 16.7. The van der Waals surface area contributed by atoms with Gasteiger partial charge in [-0.1, -0.05) is 20.8 Å². The number of hydrogen-bond donors (Lipinski definition) is 0. The SMILES string of the molecule is CC(C)(C)C(=O)OC(=O)[C@H]1OCCC1O[Si](C)(C)C(C)(C)C. The molecule has 0 aliphatic carbocycles. The van der Waals surface area contributed by atoms with Crippen molar-refractivity contribution in [3.63, 3.8) is 0 Å². The summed E-state index contributed by atoms with van der Waals surface area (Å²) in [6, 6.07) is 0. The van der Waals surface area contributed by atoms with Gasteiger partial charge in [0.2, 0.25) is 0 Å². The molecule has 0 aromatic carbocycles. The summed E-state index contributed by atoms with van der Waals surface area (Å²) in [5.41, 5.74) is -0.718. The molecule has 128 valence electrons. The van der Waals surface area contributed by atoms with Crippen LogP contribution in [0.3, 0.4) is 0 Å². The lowest BCUT2D eigenvalue weighted by Crippen LogP contribution is -2.48. The Morgan fingerprint density at radius 1 is 1.09 bits per heavy atom. The van der Waals surface area contributed by atoms with E-state index in [1.165, 1.54) is 0 Å². The monoisotopic (exact) mass is 330 g/mol. The van der Waals surface area contributed by atoms with Crippen molar-refractivity contribution in [2.24, 2.45) is 5.41 Å². The molecule has 0 spiro atoms. The zero-order chi connectivity index (χ0) is 17.3. The van der Waals surface area contributed by atoms with Crippen LogP contribution in [0.2, 0.25) is 18.1 Å². The average Bonchev–Trinajstić information content (AvgIpc) is 2.73. The number of hydrogen-bond acceptors (Lipinski definition) is 5. The van der Waals surface area contributed by atoms with E-state index in [0.29, 0.717) is 13.0 Å². The third-order valence-electron chi connectivity index (χ3n) is 4.33. The Morgan fingerprint density at radius 3 is 2.09 bits per heavy atom. The molecule has 6 heteroatoms. The minimum atomic E-state index is -2.01. The Bertz CT molecular complexity index is 431. The van der Waals surface area contributed by atoms with Gasteiger partial charge in [0.1, 0.15) is 0 Å². The minimum Gasteiger partial charge on any atom is -0.411 e. The second-order valence-electron chi connectivity index (χ2n) is 8.46. The van der Waals surface area contributed by atoms with E-state index < -0.39 is 31.8 Å². The molecule has 22 heavy (non-hydrogen) atoms. The van der Waals surface area contributed by atoms with E-state index in [0.717, 1.165) is 0 Å². The Balaban J connectivity index is 2.75. The zero-order valence-corrected chi connectivity index (χ0v) is 16.1. The van der Waals surface area contributed by atoms with Gasteiger partial charge in [-0.15, -0.1) is 0 Å². The fourth-order valence-electron chi connectivity index (χ4n) is 1.77. The van der Waals surface area contributed by atoms with Crippen LogP contribution in [-0.2, 0) is 23.5 Å². The minimum absolute atomic E-state index is 0.0469. The zero-order valence-electron chi connectivity index (χ0n) is 15.1. The molecule has 5 nitrogen and oxygen atoms in total. The van der Waals surface area contributed by atoms with Gasteiger partial charge in [0, 0.05) is 0 Å². The Morgan fingerprint density at radius 2 is 1.64 bits per heavy atom. The van der Waals surface area contributed by atoms with Gasteiger partial charge in [-0.3, -0.25) is 4.79 Å². The first kappa shape index (κ1) is 19.3. The third kappa shape index (κ3) is 4.63. The van der Waals surface area contributed by atoms with E-state index in [-0.39, 0.29) is 11.1 Å². The average molecular weight is 330 g/mol. The van der Waals surface area contributed by atoms with E-state index in [4.69, 9.17) is 13.9 Å². The molecule has 0 N–H and O–H groups in total. The second-order valence-corrected chi connectivity index (χ2v) is 13.2. The molecule has 0 amide bonds. The lowest BCUT2D eigenvalue weighted by atomic mass is 9.97. The van der Waals surface area contributed by atoms with Crippen LogP contribution < -0.4 is 0 Å². The van der Waals surface area contributed by atoms with Crippen LogP contribution in [0.5, 0.6) is 0 Å². The highest BCUT2D eigenvalue weighted by Gasteiger charge is 2.45. The molecule has 0 aromatic rings. The van der Waals surface area contributed by atoms with Gasteiger partial charge in [0.15, 0.2) is 14.4 Å². The molecule has 0 bridgehead atoms. The molecule has 1 saturated heterocycles. The molecule has 1 heterocycles. The van der Waals surface area contributed by atoms with Gasteiger partial charge in [-0.25, -0.2) is 4.79 Å². The smallest absolute Gasteiger partial charge is 0.345 e. The lowest BCUT2D eigenvalue weighted by molar-refractivity contribution is -0.173. The lowest BCUT2D eigenvalue weighted by Gasteiger charge is -2.39. The van der Waals surface area contributed by atoms with E-state index in [2.05, 4.69) is 33.9 Å². The number of ether oxygens (including phenoxy) is 2. The van der Waals surface area contributed by atoms with Gasteiger partial charge in [0.25, 0.3) is 0 Å². The molecule has 0 radical (unpaired) electrons. The summed E-state index contributed by atoms with van der Waals surface area (Å²) in [6.45, 7) is 16.3. The Hall–Kier alpha value is -0.723. The quantitative estimate of drug-likeness (QED) is 0.451. The van der Waals surface area contributed by atoms with Crippen LogP contribution >= 0.6 is 0 Å².